The van der Waals surface area contributed by atoms with Gasteiger partial charge in [-0.2, -0.15) is 35.0 Å². The maximum atomic E-state index is 2.12. The third-order valence-electron chi connectivity index (χ3n) is 3.10. The molecule has 0 fully saturated rings. The van der Waals surface area contributed by atoms with Gasteiger partial charge in [-0.15, -0.1) is 59.3 Å². The van der Waals surface area contributed by atoms with E-state index in [1.54, 1.807) is 0 Å². The predicted octanol–water partition coefficient (Wildman–Crippen LogP) is 0.149. The van der Waals surface area contributed by atoms with Crippen LogP contribution in [0.1, 0.15) is 13.8 Å². The van der Waals surface area contributed by atoms with Crippen molar-refractivity contribution >= 4 is 21.5 Å². The molecule has 23 heavy (non-hydrogen) atoms. The Kier molecular flexibility index (Phi) is 14.4. The summed E-state index contributed by atoms with van der Waals surface area (Å²) in [5.41, 5.74) is 0. The Morgan fingerprint density at radius 2 is 0.913 bits per heavy atom. The van der Waals surface area contributed by atoms with Gasteiger partial charge < -0.3 is 24.8 Å². The summed E-state index contributed by atoms with van der Waals surface area (Å²) in [5, 5.41) is 5.32. The number of rotatable bonds is 0. The molecule has 0 spiro atoms. The second-order valence-electron chi connectivity index (χ2n) is 4.31. The number of benzene rings is 2. The molecule has 4 rings (SSSR count). The fourth-order valence-electron chi connectivity index (χ4n) is 2.14. The van der Waals surface area contributed by atoms with Gasteiger partial charge in [0.25, 0.3) is 0 Å². The average molecular weight is 423 g/mol. The van der Waals surface area contributed by atoms with Crippen molar-refractivity contribution < 1.29 is 51.0 Å². The Morgan fingerprint density at radius 1 is 0.565 bits per heavy atom. The van der Waals surface area contributed by atoms with Crippen molar-refractivity contribution in [3.63, 3.8) is 0 Å². The van der Waals surface area contributed by atoms with Gasteiger partial charge in [0.05, 0.1) is 0 Å². The number of hydrogen-bond donors (Lipinski definition) is 0. The molecule has 0 aliphatic carbocycles. The quantitative estimate of drug-likeness (QED) is 0.354. The van der Waals surface area contributed by atoms with Crippen molar-refractivity contribution in [1.82, 2.24) is 0 Å². The molecule has 118 valence electrons. The van der Waals surface area contributed by atoms with Gasteiger partial charge in [0, 0.05) is 0 Å². The fourth-order valence-corrected chi connectivity index (χ4v) is 2.14. The molecule has 4 aromatic rings. The van der Waals surface area contributed by atoms with E-state index in [-0.39, 0.29) is 51.0 Å². The zero-order chi connectivity index (χ0) is 14.2. The van der Waals surface area contributed by atoms with Gasteiger partial charge >= 0.3 is 26.2 Å². The van der Waals surface area contributed by atoms with E-state index >= 15 is 0 Å². The van der Waals surface area contributed by atoms with Crippen LogP contribution in [-0.2, 0) is 26.2 Å². The van der Waals surface area contributed by atoms with Crippen LogP contribution in [0.2, 0.25) is 0 Å². The van der Waals surface area contributed by atoms with Crippen molar-refractivity contribution in [2.75, 3.05) is 0 Å². The molecule has 0 unspecified atom stereocenters. The molecule has 4 aromatic carbocycles. The topological polar surface area (TPSA) is 0 Å². The summed E-state index contributed by atoms with van der Waals surface area (Å²) in [4.78, 5) is 0. The summed E-state index contributed by atoms with van der Waals surface area (Å²) >= 11 is 0. The zero-order valence-electron chi connectivity index (χ0n) is 13.3. The third kappa shape index (κ3) is 7.04. The predicted molar refractivity (Wildman–Crippen MR) is 90.4 cm³/mol. The summed E-state index contributed by atoms with van der Waals surface area (Å²) in [6.07, 6.45) is 0. The van der Waals surface area contributed by atoms with Crippen LogP contribution in [-0.4, -0.2) is 0 Å². The van der Waals surface area contributed by atoms with Gasteiger partial charge in [-0.1, -0.05) is 26.0 Å². The van der Waals surface area contributed by atoms with Gasteiger partial charge in [0.2, 0.25) is 0 Å². The average Bonchev–Trinajstić information content (AvgIpc) is 3.18. The van der Waals surface area contributed by atoms with Gasteiger partial charge in [-0.05, 0) is 0 Å². The Labute approximate surface area is 170 Å². The van der Waals surface area contributed by atoms with Gasteiger partial charge in [0.15, 0.2) is 0 Å². The minimum atomic E-state index is 0. The van der Waals surface area contributed by atoms with Crippen LogP contribution in [0, 0.1) is 0 Å². The second-order valence-corrected chi connectivity index (χ2v) is 4.31. The molecule has 0 aromatic heterocycles. The fraction of sp³-hybridized carbons (Fsp3) is 0.100. The van der Waals surface area contributed by atoms with Crippen LogP contribution < -0.4 is 24.8 Å². The van der Waals surface area contributed by atoms with Crippen molar-refractivity contribution in [1.29, 1.82) is 0 Å². The van der Waals surface area contributed by atoms with Gasteiger partial charge in [0.1, 0.15) is 0 Å². The van der Waals surface area contributed by atoms with Crippen molar-refractivity contribution in [2.24, 2.45) is 0 Å². The first-order valence-corrected chi connectivity index (χ1v) is 7.14. The molecular formula is C20H20Cl2Zr. The largest absolute Gasteiger partial charge is 4.00 e. The SMILES string of the molecule is CC.[Cl-].[Cl-].[Zr+4].c1ccc2[cH-]ccc2c1.c1ccc2[cH-]ccc2c1. The Balaban J connectivity index is 0. The van der Waals surface area contributed by atoms with Crippen molar-refractivity contribution in [3.05, 3.63) is 84.9 Å². The first-order valence-electron chi connectivity index (χ1n) is 7.14. The van der Waals surface area contributed by atoms with E-state index in [2.05, 4.69) is 84.9 Å². The Hall–Kier alpha value is -0.877. The van der Waals surface area contributed by atoms with E-state index in [4.69, 9.17) is 0 Å². The van der Waals surface area contributed by atoms with Crippen LogP contribution >= 0.6 is 0 Å². The molecule has 0 N–H and O–H groups in total. The van der Waals surface area contributed by atoms with Crippen LogP contribution in [0.25, 0.3) is 21.5 Å². The van der Waals surface area contributed by atoms with Gasteiger partial charge in [-0.25, -0.2) is 0 Å². The normalized spacial score (nSPS) is 8.26. The molecule has 0 nitrogen and oxygen atoms in total. The molecule has 0 heterocycles. The van der Waals surface area contributed by atoms with E-state index < -0.39 is 0 Å². The van der Waals surface area contributed by atoms with Crippen LogP contribution in [0.4, 0.5) is 0 Å². The summed E-state index contributed by atoms with van der Waals surface area (Å²) in [6.45, 7) is 4.00. The molecule has 0 saturated heterocycles. The minimum Gasteiger partial charge on any atom is -1.00 e. The first-order chi connectivity index (χ1) is 9.93. The summed E-state index contributed by atoms with van der Waals surface area (Å²) in [7, 11) is 0. The molecule has 0 atom stereocenters. The number of fused-ring (bicyclic) bond motifs is 2. The monoisotopic (exact) mass is 420 g/mol. The van der Waals surface area contributed by atoms with E-state index in [0.717, 1.165) is 0 Å². The number of halogens is 2. The number of hydrogen-bond acceptors (Lipinski definition) is 0. The van der Waals surface area contributed by atoms with Crippen molar-refractivity contribution in [3.8, 4) is 0 Å². The van der Waals surface area contributed by atoms with Crippen molar-refractivity contribution in [2.45, 2.75) is 13.8 Å². The second kappa shape index (κ2) is 13.6. The van der Waals surface area contributed by atoms with E-state index in [0.29, 0.717) is 0 Å². The maximum absolute atomic E-state index is 2.12. The molecule has 0 saturated carbocycles. The standard InChI is InChI=1S/2C9H7.C2H6.2ClH.Zr/c2*1-2-5-9-7-3-6-8(9)4-1;1-2;;;/h2*1-7H;1-2H3;2*1H;/q2*-1;;;;+4/p-2. The van der Waals surface area contributed by atoms with E-state index in [1.165, 1.54) is 21.5 Å². The van der Waals surface area contributed by atoms with E-state index in [1.807, 2.05) is 13.8 Å². The molecule has 0 amide bonds. The molecule has 0 aliphatic heterocycles. The summed E-state index contributed by atoms with van der Waals surface area (Å²) < 4.78 is 0. The third-order valence-corrected chi connectivity index (χ3v) is 3.10. The maximum Gasteiger partial charge on any atom is 4.00 e. The van der Waals surface area contributed by atoms with Crippen LogP contribution in [0.3, 0.4) is 0 Å². The Morgan fingerprint density at radius 3 is 1.26 bits per heavy atom. The Bertz CT molecular complexity index is 630. The molecule has 3 heteroatoms. The zero-order valence-corrected chi connectivity index (χ0v) is 17.3. The van der Waals surface area contributed by atoms with E-state index in [9.17, 15) is 0 Å². The minimum absolute atomic E-state index is 0. The molecule has 0 radical (unpaired) electrons. The van der Waals surface area contributed by atoms with Gasteiger partial charge in [-0.3, -0.25) is 0 Å². The smallest absolute Gasteiger partial charge is 1.00 e. The summed E-state index contributed by atoms with van der Waals surface area (Å²) in [6, 6.07) is 29.3. The molecule has 0 bridgehead atoms. The van der Waals surface area contributed by atoms with Crippen LogP contribution in [0.5, 0.6) is 0 Å². The summed E-state index contributed by atoms with van der Waals surface area (Å²) in [5.74, 6) is 0. The molecular weight excluding hydrogens is 402 g/mol. The van der Waals surface area contributed by atoms with Crippen LogP contribution in [0.15, 0.2) is 84.9 Å². The first kappa shape index (κ1) is 24.4. The molecule has 0 aliphatic rings.